The number of nitrogens with one attached hydrogen (secondary N) is 1. The number of methoxy groups -OCH3 is 1. The molecule has 1 aliphatic heterocycles. The van der Waals surface area contributed by atoms with Gasteiger partial charge >= 0.3 is 0 Å². The number of benzene rings is 1. The van der Waals surface area contributed by atoms with Gasteiger partial charge in [0, 0.05) is 39.1 Å². The molecule has 0 saturated carbocycles. The molecule has 2 rings (SSSR count). The maximum absolute atomic E-state index is 11.9. The Morgan fingerprint density at radius 1 is 1.36 bits per heavy atom. The van der Waals surface area contributed by atoms with Crippen LogP contribution < -0.4 is 10.1 Å². The minimum absolute atomic E-state index is 0.00829. The predicted octanol–water partition coefficient (Wildman–Crippen LogP) is 1.93. The summed E-state index contributed by atoms with van der Waals surface area (Å²) < 4.78 is 5.23. The molecule has 1 N–H and O–H groups in total. The van der Waals surface area contributed by atoms with E-state index in [4.69, 9.17) is 4.74 Å². The molecule has 1 unspecified atom stereocenters. The van der Waals surface area contributed by atoms with E-state index in [2.05, 4.69) is 41.2 Å². The summed E-state index contributed by atoms with van der Waals surface area (Å²) in [5.41, 5.74) is 1.32. The van der Waals surface area contributed by atoms with E-state index >= 15 is 0 Å². The van der Waals surface area contributed by atoms with Gasteiger partial charge in [-0.1, -0.05) is 12.1 Å². The van der Waals surface area contributed by atoms with Crippen molar-refractivity contribution in [2.24, 2.45) is 4.99 Å². The van der Waals surface area contributed by atoms with Crippen LogP contribution in [-0.2, 0) is 4.79 Å². The van der Waals surface area contributed by atoms with Gasteiger partial charge in [-0.3, -0.25) is 4.79 Å². The number of aliphatic imine (C=N–C) groups is 1. The lowest BCUT2D eigenvalue weighted by molar-refractivity contribution is -0.127. The second-order valence-corrected chi connectivity index (χ2v) is 6.93. The molecule has 1 aliphatic rings. The number of hydrogen-bond donors (Lipinski definition) is 1. The van der Waals surface area contributed by atoms with E-state index in [-0.39, 0.29) is 18.5 Å². The first kappa shape index (κ1) is 19.1. The highest BCUT2D eigenvalue weighted by molar-refractivity contribution is 5.85. The quantitative estimate of drug-likeness (QED) is 0.654. The van der Waals surface area contributed by atoms with Crippen LogP contribution >= 0.6 is 0 Å². The summed E-state index contributed by atoms with van der Waals surface area (Å²) in [6.07, 6.45) is 1.08. The molecule has 6 nitrogen and oxygen atoms in total. The fourth-order valence-corrected chi connectivity index (χ4v) is 2.88. The Kier molecular flexibility index (Phi) is 6.67. The van der Waals surface area contributed by atoms with Crippen molar-refractivity contribution in [1.82, 2.24) is 15.1 Å². The highest BCUT2D eigenvalue weighted by atomic mass is 16.5. The molecule has 0 aromatic heterocycles. The van der Waals surface area contributed by atoms with Gasteiger partial charge in [-0.15, -0.1) is 0 Å². The van der Waals surface area contributed by atoms with Crippen LogP contribution in [0.3, 0.4) is 0 Å². The third-order valence-corrected chi connectivity index (χ3v) is 4.36. The lowest BCUT2D eigenvalue weighted by Crippen LogP contribution is -2.43. The summed E-state index contributed by atoms with van der Waals surface area (Å²) in [5, 5.41) is 3.39. The summed E-state index contributed by atoms with van der Waals surface area (Å²) in [6.45, 7) is 6.18. The van der Waals surface area contributed by atoms with Crippen LogP contribution in [0.15, 0.2) is 29.3 Å². The largest absolute Gasteiger partial charge is 0.497 e. The summed E-state index contributed by atoms with van der Waals surface area (Å²) in [5.74, 6) is 2.18. The van der Waals surface area contributed by atoms with Gasteiger partial charge in [0.2, 0.25) is 5.91 Å². The van der Waals surface area contributed by atoms with Crippen LogP contribution in [0, 0.1) is 0 Å². The Morgan fingerprint density at radius 3 is 2.60 bits per heavy atom. The van der Waals surface area contributed by atoms with Gasteiger partial charge in [0.05, 0.1) is 7.11 Å². The van der Waals surface area contributed by atoms with Crippen LogP contribution in [0.1, 0.15) is 31.7 Å². The van der Waals surface area contributed by atoms with Crippen molar-refractivity contribution in [3.05, 3.63) is 29.8 Å². The maximum atomic E-state index is 11.9. The predicted molar refractivity (Wildman–Crippen MR) is 101 cm³/mol. The number of carbonyl (C=O) groups is 1. The van der Waals surface area contributed by atoms with E-state index in [1.165, 1.54) is 5.56 Å². The first-order chi connectivity index (χ1) is 11.9. The van der Waals surface area contributed by atoms with E-state index in [0.717, 1.165) is 31.2 Å². The second kappa shape index (κ2) is 8.74. The molecule has 0 radical (unpaired) electrons. The fourth-order valence-electron chi connectivity index (χ4n) is 2.88. The van der Waals surface area contributed by atoms with Crippen LogP contribution in [0.2, 0.25) is 0 Å². The average molecular weight is 346 g/mol. The van der Waals surface area contributed by atoms with E-state index in [1.54, 1.807) is 26.1 Å². The van der Waals surface area contributed by atoms with Crippen molar-refractivity contribution in [2.75, 3.05) is 40.8 Å². The second-order valence-electron chi connectivity index (χ2n) is 6.93. The number of hydrogen-bond acceptors (Lipinski definition) is 3. The van der Waals surface area contributed by atoms with Gasteiger partial charge < -0.3 is 19.9 Å². The molecule has 0 aliphatic carbocycles. The van der Waals surface area contributed by atoms with E-state index in [1.807, 2.05) is 12.1 Å². The number of likely N-dealkylation sites (N-methyl/N-ethyl adjacent to an activating group) is 1. The topological polar surface area (TPSA) is 57.2 Å². The van der Waals surface area contributed by atoms with E-state index in [0.29, 0.717) is 5.92 Å². The SMILES string of the molecule is COc1ccc(C2CCN(C(=NCC(=O)N(C)C)NC(C)C)C2)cc1. The molecular weight excluding hydrogens is 316 g/mol. The summed E-state index contributed by atoms with van der Waals surface area (Å²) in [7, 11) is 5.19. The van der Waals surface area contributed by atoms with Crippen molar-refractivity contribution < 1.29 is 9.53 Å². The number of guanidine groups is 1. The van der Waals surface area contributed by atoms with E-state index in [9.17, 15) is 4.79 Å². The highest BCUT2D eigenvalue weighted by Crippen LogP contribution is 2.28. The minimum Gasteiger partial charge on any atom is -0.497 e. The zero-order chi connectivity index (χ0) is 18.4. The zero-order valence-electron chi connectivity index (χ0n) is 16.0. The fraction of sp³-hybridized carbons (Fsp3) is 0.579. The van der Waals surface area contributed by atoms with Crippen LogP contribution in [0.4, 0.5) is 0 Å². The van der Waals surface area contributed by atoms with Crippen molar-refractivity contribution >= 4 is 11.9 Å². The first-order valence-electron chi connectivity index (χ1n) is 8.80. The Bertz CT molecular complexity index is 596. The normalized spacial score (nSPS) is 17.8. The van der Waals surface area contributed by atoms with Gasteiger partial charge in [-0.25, -0.2) is 4.99 Å². The molecule has 138 valence electrons. The molecule has 1 atom stereocenters. The number of amides is 1. The average Bonchev–Trinajstić information content (AvgIpc) is 3.07. The lowest BCUT2D eigenvalue weighted by Gasteiger charge is -2.24. The van der Waals surface area contributed by atoms with Crippen molar-refractivity contribution in [3.63, 3.8) is 0 Å². The molecule has 1 amide bonds. The zero-order valence-corrected chi connectivity index (χ0v) is 16.0. The molecule has 0 spiro atoms. The molecule has 25 heavy (non-hydrogen) atoms. The Morgan fingerprint density at radius 2 is 2.04 bits per heavy atom. The standard InChI is InChI=1S/C19H30N4O2/c1-14(2)21-19(20-12-18(24)22(3)4)23-11-10-16(13-23)15-6-8-17(25-5)9-7-15/h6-9,14,16H,10-13H2,1-5H3,(H,20,21). The number of nitrogens with zero attached hydrogens (tertiary/aromatic N) is 3. The molecule has 1 saturated heterocycles. The Balaban J connectivity index is 2.05. The van der Waals surface area contributed by atoms with Crippen molar-refractivity contribution in [2.45, 2.75) is 32.2 Å². The third kappa shape index (κ3) is 5.37. The highest BCUT2D eigenvalue weighted by Gasteiger charge is 2.26. The molecule has 0 bridgehead atoms. The molecule has 1 fully saturated rings. The monoisotopic (exact) mass is 346 g/mol. The molecule has 1 aromatic rings. The van der Waals surface area contributed by atoms with Crippen LogP contribution in [0.5, 0.6) is 5.75 Å². The van der Waals surface area contributed by atoms with Gasteiger partial charge in [-0.2, -0.15) is 0 Å². The van der Waals surface area contributed by atoms with Crippen molar-refractivity contribution in [3.8, 4) is 5.75 Å². The lowest BCUT2D eigenvalue weighted by atomic mass is 9.98. The number of carbonyl (C=O) groups excluding carboxylic acids is 1. The van der Waals surface area contributed by atoms with Gasteiger partial charge in [0.15, 0.2) is 5.96 Å². The Labute approximate surface area is 150 Å². The maximum Gasteiger partial charge on any atom is 0.243 e. The number of likely N-dealkylation sites (tertiary alicyclic amines) is 1. The molecule has 6 heteroatoms. The molecular formula is C19H30N4O2. The van der Waals surface area contributed by atoms with E-state index < -0.39 is 0 Å². The molecule has 1 heterocycles. The number of rotatable bonds is 5. The number of ether oxygens (including phenoxy) is 1. The Hall–Kier alpha value is -2.24. The van der Waals surface area contributed by atoms with Gasteiger partial charge in [-0.05, 0) is 38.0 Å². The third-order valence-electron chi connectivity index (χ3n) is 4.36. The minimum atomic E-state index is 0.00829. The molecule has 1 aromatic carbocycles. The van der Waals surface area contributed by atoms with Gasteiger partial charge in [0.25, 0.3) is 0 Å². The van der Waals surface area contributed by atoms with Crippen LogP contribution in [-0.4, -0.2) is 68.5 Å². The smallest absolute Gasteiger partial charge is 0.243 e. The van der Waals surface area contributed by atoms with Gasteiger partial charge in [0.1, 0.15) is 12.3 Å². The van der Waals surface area contributed by atoms with Crippen molar-refractivity contribution in [1.29, 1.82) is 0 Å². The summed E-state index contributed by atoms with van der Waals surface area (Å²) >= 11 is 0. The summed E-state index contributed by atoms with van der Waals surface area (Å²) in [4.78, 5) is 20.2. The van der Waals surface area contributed by atoms with Crippen LogP contribution in [0.25, 0.3) is 0 Å². The summed E-state index contributed by atoms with van der Waals surface area (Å²) in [6, 6.07) is 8.56. The first-order valence-corrected chi connectivity index (χ1v) is 8.80.